The highest BCUT2D eigenvalue weighted by Crippen LogP contribution is 2.27. The van der Waals surface area contributed by atoms with Crippen LogP contribution in [0.5, 0.6) is 0 Å². The Morgan fingerprint density at radius 2 is 2.23 bits per heavy atom. The Labute approximate surface area is 124 Å². The van der Waals surface area contributed by atoms with Gasteiger partial charge in [0.25, 0.3) is 5.69 Å². The number of aliphatic hydroxyl groups excluding tert-OH is 2. The first kappa shape index (κ1) is 17.4. The van der Waals surface area contributed by atoms with Crippen LogP contribution in [0.4, 0.5) is 5.69 Å². The molecule has 10 heteroatoms. The molecule has 1 rings (SSSR count). The number of nitro benzene ring substituents is 1. The normalized spacial score (nSPS) is 12.9. The summed E-state index contributed by atoms with van der Waals surface area (Å²) in [7, 11) is 1.09. The minimum Gasteiger partial charge on any atom is -0.465 e. The zero-order valence-electron chi connectivity index (χ0n) is 11.6. The van der Waals surface area contributed by atoms with Crippen LogP contribution in [0.15, 0.2) is 23.3 Å². The summed E-state index contributed by atoms with van der Waals surface area (Å²) < 4.78 is 4.52. The first-order valence-corrected chi connectivity index (χ1v) is 6.16. The molecule has 0 saturated heterocycles. The predicted molar refractivity (Wildman–Crippen MR) is 74.0 cm³/mol. The van der Waals surface area contributed by atoms with Gasteiger partial charge in [0, 0.05) is 23.6 Å². The van der Waals surface area contributed by atoms with Crippen molar-refractivity contribution in [2.24, 2.45) is 5.11 Å². The molecule has 2 unspecified atom stereocenters. The maximum Gasteiger partial charge on any atom is 0.338 e. The summed E-state index contributed by atoms with van der Waals surface area (Å²) in [6.45, 7) is -0.0464. The number of methoxy groups -OCH3 is 1. The lowest BCUT2D eigenvalue weighted by Gasteiger charge is -2.19. The summed E-state index contributed by atoms with van der Waals surface area (Å²) >= 11 is 0. The van der Waals surface area contributed by atoms with E-state index in [1.807, 2.05) is 0 Å². The van der Waals surface area contributed by atoms with Gasteiger partial charge in [0.05, 0.1) is 23.7 Å². The van der Waals surface area contributed by atoms with Crippen LogP contribution in [0.1, 0.15) is 28.4 Å². The summed E-state index contributed by atoms with van der Waals surface area (Å²) in [4.78, 5) is 24.3. The Morgan fingerprint density at radius 3 is 2.77 bits per heavy atom. The van der Waals surface area contributed by atoms with Gasteiger partial charge >= 0.3 is 5.97 Å². The van der Waals surface area contributed by atoms with Crippen LogP contribution in [0.25, 0.3) is 10.4 Å². The smallest absolute Gasteiger partial charge is 0.338 e. The largest absolute Gasteiger partial charge is 0.465 e. The predicted octanol–water partition coefficient (Wildman–Crippen LogP) is 1.48. The first-order chi connectivity index (χ1) is 10.4. The zero-order chi connectivity index (χ0) is 16.7. The molecule has 22 heavy (non-hydrogen) atoms. The third-order valence-electron chi connectivity index (χ3n) is 2.92. The van der Waals surface area contributed by atoms with Gasteiger partial charge in [-0.3, -0.25) is 10.1 Å². The number of benzene rings is 1. The van der Waals surface area contributed by atoms with Crippen molar-refractivity contribution in [1.29, 1.82) is 0 Å². The van der Waals surface area contributed by atoms with E-state index in [0.29, 0.717) is 0 Å². The number of aliphatic hydroxyl groups is 2. The molecule has 1 aromatic carbocycles. The van der Waals surface area contributed by atoms with E-state index in [1.165, 1.54) is 6.07 Å². The molecule has 2 atom stereocenters. The average molecular weight is 310 g/mol. The number of non-ortho nitro benzene ring substituents is 1. The van der Waals surface area contributed by atoms with E-state index < -0.39 is 23.1 Å². The lowest BCUT2D eigenvalue weighted by Crippen LogP contribution is -2.22. The number of carbonyl (C=O) groups excluding carboxylic acids is 1. The average Bonchev–Trinajstić information content (AvgIpc) is 2.52. The maximum atomic E-state index is 11.7. The number of hydrogen-bond donors (Lipinski definition) is 2. The number of rotatable bonds is 7. The SMILES string of the molecule is COC(=O)c1cc([N+](=O)[O-])ccc1C(O)C(O)CCN=[N+]=[N-]. The maximum absolute atomic E-state index is 11.7. The van der Waals surface area contributed by atoms with Gasteiger partial charge in [0.15, 0.2) is 0 Å². The molecule has 0 aromatic heterocycles. The molecule has 0 heterocycles. The Balaban J connectivity index is 3.13. The summed E-state index contributed by atoms with van der Waals surface area (Å²) in [5.41, 5.74) is 7.58. The molecule has 0 saturated carbocycles. The second-order valence-corrected chi connectivity index (χ2v) is 4.28. The monoisotopic (exact) mass is 310 g/mol. The van der Waals surface area contributed by atoms with Crippen molar-refractivity contribution in [3.63, 3.8) is 0 Å². The summed E-state index contributed by atoms with van der Waals surface area (Å²) in [5.74, 6) is -0.875. The quantitative estimate of drug-likeness (QED) is 0.194. The van der Waals surface area contributed by atoms with Gasteiger partial charge in [-0.05, 0) is 23.6 Å². The Kier molecular flexibility index (Phi) is 6.26. The minimum absolute atomic E-state index is 0.00844. The van der Waals surface area contributed by atoms with Crippen molar-refractivity contribution in [3.8, 4) is 0 Å². The fourth-order valence-corrected chi connectivity index (χ4v) is 1.80. The van der Waals surface area contributed by atoms with Gasteiger partial charge in [-0.25, -0.2) is 4.79 Å². The third kappa shape index (κ3) is 4.16. The number of hydrogen-bond acceptors (Lipinski definition) is 7. The topological polar surface area (TPSA) is 159 Å². The highest BCUT2D eigenvalue weighted by atomic mass is 16.6. The van der Waals surface area contributed by atoms with Crippen LogP contribution in [-0.4, -0.2) is 40.9 Å². The van der Waals surface area contributed by atoms with E-state index in [0.717, 1.165) is 19.2 Å². The molecule has 118 valence electrons. The number of nitrogens with zero attached hydrogens (tertiary/aromatic N) is 4. The second kappa shape index (κ2) is 7.93. The highest BCUT2D eigenvalue weighted by molar-refractivity contribution is 5.92. The van der Waals surface area contributed by atoms with Crippen molar-refractivity contribution in [3.05, 3.63) is 49.9 Å². The number of nitro groups is 1. The van der Waals surface area contributed by atoms with Gasteiger partial charge in [0.1, 0.15) is 6.10 Å². The van der Waals surface area contributed by atoms with Gasteiger partial charge in [-0.2, -0.15) is 0 Å². The zero-order valence-corrected chi connectivity index (χ0v) is 11.6. The lowest BCUT2D eigenvalue weighted by molar-refractivity contribution is -0.384. The Bertz CT molecular complexity index is 614. The van der Waals surface area contributed by atoms with E-state index in [-0.39, 0.29) is 29.8 Å². The van der Waals surface area contributed by atoms with Gasteiger partial charge in [-0.1, -0.05) is 5.11 Å². The van der Waals surface area contributed by atoms with Crippen LogP contribution in [0.2, 0.25) is 0 Å². The molecule has 10 nitrogen and oxygen atoms in total. The van der Waals surface area contributed by atoms with E-state index in [4.69, 9.17) is 5.53 Å². The van der Waals surface area contributed by atoms with E-state index in [1.54, 1.807) is 0 Å². The molecule has 2 N–H and O–H groups in total. The Hall–Kier alpha value is -2.68. The van der Waals surface area contributed by atoms with E-state index in [2.05, 4.69) is 14.8 Å². The summed E-state index contributed by atoms with van der Waals surface area (Å²) in [5, 5.41) is 33.9. The molecule has 0 amide bonds. The number of esters is 1. The second-order valence-electron chi connectivity index (χ2n) is 4.28. The number of azide groups is 1. The van der Waals surface area contributed by atoms with Crippen molar-refractivity contribution < 1.29 is 24.7 Å². The van der Waals surface area contributed by atoms with Crippen LogP contribution in [0, 0.1) is 10.1 Å². The summed E-state index contributed by atoms with van der Waals surface area (Å²) in [6.07, 6.45) is -2.83. The standard InChI is InChI=1S/C12H14N4O6/c1-22-12(19)9-6-7(16(20)21)2-3-8(9)11(18)10(17)4-5-14-15-13/h2-3,6,10-11,17-18H,4-5H2,1H3. The van der Waals surface area contributed by atoms with Crippen LogP contribution in [0.3, 0.4) is 0 Å². The molecule has 0 fully saturated rings. The molecular weight excluding hydrogens is 296 g/mol. The molecule has 0 radical (unpaired) electrons. The van der Waals surface area contributed by atoms with Crippen LogP contribution >= 0.6 is 0 Å². The fourth-order valence-electron chi connectivity index (χ4n) is 1.80. The number of ether oxygens (including phenoxy) is 1. The van der Waals surface area contributed by atoms with Gasteiger partial charge in [0.2, 0.25) is 0 Å². The molecule has 0 aliphatic carbocycles. The van der Waals surface area contributed by atoms with E-state index in [9.17, 15) is 25.1 Å². The van der Waals surface area contributed by atoms with Crippen molar-refractivity contribution >= 4 is 11.7 Å². The van der Waals surface area contributed by atoms with Crippen molar-refractivity contribution in [2.45, 2.75) is 18.6 Å². The van der Waals surface area contributed by atoms with Crippen molar-refractivity contribution in [2.75, 3.05) is 13.7 Å². The van der Waals surface area contributed by atoms with E-state index >= 15 is 0 Å². The van der Waals surface area contributed by atoms with Gasteiger partial charge in [-0.15, -0.1) is 0 Å². The highest BCUT2D eigenvalue weighted by Gasteiger charge is 2.26. The van der Waals surface area contributed by atoms with Crippen LogP contribution in [-0.2, 0) is 4.74 Å². The molecule has 0 spiro atoms. The first-order valence-electron chi connectivity index (χ1n) is 6.16. The molecule has 0 bridgehead atoms. The van der Waals surface area contributed by atoms with Crippen LogP contribution < -0.4 is 0 Å². The van der Waals surface area contributed by atoms with Crippen molar-refractivity contribution in [1.82, 2.24) is 0 Å². The summed E-state index contributed by atoms with van der Waals surface area (Å²) in [6, 6.07) is 3.24. The lowest BCUT2D eigenvalue weighted by atomic mass is 9.96. The number of carbonyl (C=O) groups is 1. The Morgan fingerprint density at radius 1 is 1.55 bits per heavy atom. The van der Waals surface area contributed by atoms with Gasteiger partial charge < -0.3 is 14.9 Å². The molecule has 0 aliphatic heterocycles. The molecular formula is C12H14N4O6. The minimum atomic E-state index is -1.48. The fraction of sp³-hybridized carbons (Fsp3) is 0.417. The molecule has 0 aliphatic rings. The third-order valence-corrected chi connectivity index (χ3v) is 2.92. The molecule has 1 aromatic rings.